The molecule has 0 aliphatic carbocycles. The Morgan fingerprint density at radius 3 is 2.69 bits per heavy atom. The number of ether oxygens (including phenoxy) is 4. The number of pyridine rings is 1. The molecule has 0 unspecified atom stereocenters. The lowest BCUT2D eigenvalue weighted by molar-refractivity contribution is -0.135. The van der Waals surface area contributed by atoms with E-state index in [0.29, 0.717) is 27.0 Å². The fourth-order valence-corrected chi connectivity index (χ4v) is 4.31. The number of carbonyl (C=O) groups is 1. The highest BCUT2D eigenvalue weighted by Crippen LogP contribution is 2.39. The Kier molecular flexibility index (Phi) is 7.19. The van der Waals surface area contributed by atoms with Crippen molar-refractivity contribution in [2.24, 2.45) is 5.10 Å². The number of rotatable bonds is 7. The summed E-state index contributed by atoms with van der Waals surface area (Å²) in [7, 11) is 3.11. The number of fused-ring (bicyclic) bond motifs is 1. The van der Waals surface area contributed by atoms with Gasteiger partial charge in [0.25, 0.3) is 0 Å². The molecule has 2 aromatic carbocycles. The van der Waals surface area contributed by atoms with Crippen molar-refractivity contribution in [2.45, 2.75) is 26.7 Å². The number of halogens is 1. The van der Waals surface area contributed by atoms with Gasteiger partial charge in [0.1, 0.15) is 17.4 Å². The maximum Gasteiger partial charge on any atom is 0.247 e. The van der Waals surface area contributed by atoms with Crippen LogP contribution in [0.5, 0.6) is 11.6 Å². The molecule has 0 radical (unpaired) electrons. The Labute approximate surface area is 211 Å². The minimum atomic E-state index is -0.841. The second kappa shape index (κ2) is 10.3. The number of carbonyl (C=O) groups excluding carboxylic acids is 1. The topological polar surface area (TPSA) is 106 Å². The van der Waals surface area contributed by atoms with Gasteiger partial charge in [-0.05, 0) is 39.7 Å². The zero-order valence-corrected chi connectivity index (χ0v) is 21.2. The smallest absolute Gasteiger partial charge is 0.247 e. The number of benzene rings is 2. The maximum absolute atomic E-state index is 12.5. The molecule has 0 N–H and O–H groups in total. The molecule has 0 fully saturated rings. The van der Waals surface area contributed by atoms with Crippen LogP contribution in [0.3, 0.4) is 0 Å². The number of hydrogen-bond donors (Lipinski definition) is 0. The van der Waals surface area contributed by atoms with Crippen molar-refractivity contribution in [3.05, 3.63) is 63.3 Å². The summed E-state index contributed by atoms with van der Waals surface area (Å²) in [6, 6.07) is 13.7. The van der Waals surface area contributed by atoms with E-state index in [0.717, 1.165) is 10.8 Å². The molecule has 1 atom stereocenters. The first kappa shape index (κ1) is 24.4. The van der Waals surface area contributed by atoms with Gasteiger partial charge < -0.3 is 18.9 Å². The van der Waals surface area contributed by atoms with Crippen molar-refractivity contribution < 1.29 is 23.7 Å². The molecule has 180 valence electrons. The Balaban J connectivity index is 1.66. The Morgan fingerprint density at radius 2 is 2.00 bits per heavy atom. The Hall–Kier alpha value is -3.68. The quantitative estimate of drug-likeness (QED) is 0.432. The van der Waals surface area contributed by atoms with E-state index in [1.807, 2.05) is 36.4 Å². The Morgan fingerprint density at radius 1 is 1.23 bits per heavy atom. The summed E-state index contributed by atoms with van der Waals surface area (Å²) in [6.07, 6.45) is -0.841. The molecule has 2 heterocycles. The highest BCUT2D eigenvalue weighted by molar-refractivity contribution is 9.10. The Bertz CT molecular complexity index is 1370. The molecule has 0 saturated carbocycles. The zero-order chi connectivity index (χ0) is 25.1. The molecule has 10 heteroatoms. The molecule has 35 heavy (non-hydrogen) atoms. The molecule has 1 amide bonds. The van der Waals surface area contributed by atoms with E-state index in [-0.39, 0.29) is 36.5 Å². The summed E-state index contributed by atoms with van der Waals surface area (Å²) >= 11 is 3.46. The highest BCUT2D eigenvalue weighted by atomic mass is 79.9. The van der Waals surface area contributed by atoms with Gasteiger partial charge in [0.15, 0.2) is 6.61 Å². The van der Waals surface area contributed by atoms with Crippen LogP contribution in [0.15, 0.2) is 46.0 Å². The second-order valence-corrected chi connectivity index (χ2v) is 8.53. The van der Waals surface area contributed by atoms with Gasteiger partial charge in [0.2, 0.25) is 23.9 Å². The van der Waals surface area contributed by atoms with Crippen LogP contribution in [0.2, 0.25) is 0 Å². The zero-order valence-electron chi connectivity index (χ0n) is 19.7. The van der Waals surface area contributed by atoms with Crippen LogP contribution in [0.25, 0.3) is 10.8 Å². The highest BCUT2D eigenvalue weighted by Gasteiger charge is 2.36. The van der Waals surface area contributed by atoms with Crippen LogP contribution >= 0.6 is 15.9 Å². The van der Waals surface area contributed by atoms with E-state index in [1.165, 1.54) is 11.9 Å². The minimum Gasteiger partial charge on any atom is -0.496 e. The van der Waals surface area contributed by atoms with Gasteiger partial charge in [-0.1, -0.05) is 30.3 Å². The fourth-order valence-electron chi connectivity index (χ4n) is 3.91. The molecular formula is C25H23BrN4O5. The van der Waals surface area contributed by atoms with E-state index in [1.54, 1.807) is 21.1 Å². The molecule has 9 nitrogen and oxygen atoms in total. The van der Waals surface area contributed by atoms with Gasteiger partial charge in [0, 0.05) is 24.1 Å². The summed E-state index contributed by atoms with van der Waals surface area (Å²) in [5, 5.41) is 17.2. The van der Waals surface area contributed by atoms with E-state index in [4.69, 9.17) is 18.9 Å². The van der Waals surface area contributed by atoms with Crippen LogP contribution in [-0.2, 0) is 20.9 Å². The molecule has 1 aliphatic rings. The summed E-state index contributed by atoms with van der Waals surface area (Å²) in [5.74, 6) is 0.558. The van der Waals surface area contributed by atoms with Crippen LogP contribution in [0, 0.1) is 18.3 Å². The van der Waals surface area contributed by atoms with Crippen LogP contribution < -0.4 is 9.47 Å². The predicted molar refractivity (Wildman–Crippen MR) is 132 cm³/mol. The van der Waals surface area contributed by atoms with E-state index >= 15 is 0 Å². The van der Waals surface area contributed by atoms with Gasteiger partial charge in [-0.25, -0.2) is 4.98 Å². The molecule has 3 aromatic rings. The monoisotopic (exact) mass is 538 g/mol. The number of nitrogens with zero attached hydrogens (tertiary/aromatic N) is 4. The number of nitriles is 1. The molecule has 1 aliphatic heterocycles. The third-order valence-electron chi connectivity index (χ3n) is 5.51. The first-order chi connectivity index (χ1) is 16.9. The first-order valence-electron chi connectivity index (χ1n) is 10.7. The van der Waals surface area contributed by atoms with Crippen molar-refractivity contribution in [2.75, 3.05) is 20.8 Å². The van der Waals surface area contributed by atoms with E-state index in [2.05, 4.69) is 32.1 Å². The van der Waals surface area contributed by atoms with Crippen molar-refractivity contribution in [3.8, 4) is 17.7 Å². The lowest BCUT2D eigenvalue weighted by atomic mass is 10.0. The van der Waals surface area contributed by atoms with Crippen LogP contribution in [-0.4, -0.2) is 42.6 Å². The number of aromatic nitrogens is 1. The van der Waals surface area contributed by atoms with E-state index in [9.17, 15) is 10.1 Å². The normalized spacial score (nSPS) is 14.9. The number of hydrazone groups is 1. The summed E-state index contributed by atoms with van der Waals surface area (Å²) in [6.45, 7) is 3.27. The second-order valence-electron chi connectivity index (χ2n) is 7.73. The first-order valence-corrected chi connectivity index (χ1v) is 11.5. The standard InChI is InChI=1S/C25H23BrN4O5/c1-14-23(26)19(12-32-3)18(11-27)24(28-14)34-13-21-29-30(15(2)31)25(35-21)22-17-8-6-5-7-16(17)9-10-20(22)33-4/h5-10,25H,12-13H2,1-4H3/t25-/m1/s1. The van der Waals surface area contributed by atoms with Crippen LogP contribution in [0.4, 0.5) is 0 Å². The minimum absolute atomic E-state index is 0.132. The van der Waals surface area contributed by atoms with Gasteiger partial charge in [-0.15, -0.1) is 5.10 Å². The molecule has 1 aromatic heterocycles. The van der Waals surface area contributed by atoms with Crippen molar-refractivity contribution in [3.63, 3.8) is 0 Å². The van der Waals surface area contributed by atoms with Gasteiger partial charge in [-0.3, -0.25) is 4.79 Å². The average molecular weight is 539 g/mol. The number of aryl methyl sites for hydroxylation is 1. The SMILES string of the molecule is COCc1c(Br)c(C)nc(OCC2=NN(C(C)=O)[C@@H](c3c(OC)ccc4ccccc34)O2)c1C#N. The largest absolute Gasteiger partial charge is 0.496 e. The summed E-state index contributed by atoms with van der Waals surface area (Å²) in [5.41, 5.74) is 2.20. The maximum atomic E-state index is 12.5. The molecule has 0 spiro atoms. The van der Waals surface area contributed by atoms with Crippen LogP contribution in [0.1, 0.15) is 35.5 Å². The van der Waals surface area contributed by atoms with Gasteiger partial charge >= 0.3 is 0 Å². The number of amides is 1. The van der Waals surface area contributed by atoms with Crippen molar-refractivity contribution in [1.29, 1.82) is 5.26 Å². The van der Waals surface area contributed by atoms with Crippen molar-refractivity contribution >= 4 is 38.5 Å². The average Bonchev–Trinajstić information content (AvgIpc) is 3.29. The lowest BCUT2D eigenvalue weighted by Crippen LogP contribution is -2.26. The predicted octanol–water partition coefficient (Wildman–Crippen LogP) is 4.60. The van der Waals surface area contributed by atoms with Crippen molar-refractivity contribution in [1.82, 2.24) is 9.99 Å². The van der Waals surface area contributed by atoms with Gasteiger partial charge in [-0.2, -0.15) is 10.3 Å². The molecule has 4 rings (SSSR count). The summed E-state index contributed by atoms with van der Waals surface area (Å²) in [4.78, 5) is 16.9. The third kappa shape index (κ3) is 4.65. The summed E-state index contributed by atoms with van der Waals surface area (Å²) < 4.78 is 23.5. The number of hydrogen-bond acceptors (Lipinski definition) is 8. The third-order valence-corrected chi connectivity index (χ3v) is 6.56. The molecule has 0 bridgehead atoms. The molecule has 0 saturated heterocycles. The van der Waals surface area contributed by atoms with E-state index < -0.39 is 6.23 Å². The van der Waals surface area contributed by atoms with Gasteiger partial charge in [0.05, 0.1) is 25.0 Å². The lowest BCUT2D eigenvalue weighted by Gasteiger charge is -2.23. The molecular weight excluding hydrogens is 516 g/mol. The number of methoxy groups -OCH3 is 2. The fraction of sp³-hybridized carbons (Fsp3) is 0.280.